The fraction of sp³-hybridized carbons (Fsp3) is 0.417. The molecule has 0 aliphatic carbocycles. The van der Waals surface area contributed by atoms with Crippen molar-refractivity contribution < 1.29 is 5.11 Å². The van der Waals surface area contributed by atoms with Crippen molar-refractivity contribution >= 4 is 21.7 Å². The molecule has 2 N–H and O–H groups in total. The van der Waals surface area contributed by atoms with E-state index in [1.165, 1.54) is 0 Å². The number of rotatable bonds is 4. The van der Waals surface area contributed by atoms with Crippen molar-refractivity contribution in [3.8, 4) is 12.3 Å². The number of nitrogens with one attached hydrogen (secondary N) is 1. The van der Waals surface area contributed by atoms with Gasteiger partial charge in [0.1, 0.15) is 5.82 Å². The summed E-state index contributed by atoms with van der Waals surface area (Å²) in [6.45, 7) is 3.96. The second kappa shape index (κ2) is 5.33. The number of halogens is 1. The first kappa shape index (κ1) is 13.0. The number of nitrogens with zero attached hydrogens (tertiary/aromatic N) is 1. The van der Waals surface area contributed by atoms with E-state index in [0.29, 0.717) is 11.4 Å². The van der Waals surface area contributed by atoms with Crippen molar-refractivity contribution in [1.29, 1.82) is 0 Å². The topological polar surface area (TPSA) is 45.2 Å². The van der Waals surface area contributed by atoms with E-state index in [0.717, 1.165) is 10.9 Å². The Hall–Kier alpha value is -1.05. The zero-order chi connectivity index (χ0) is 12.2. The molecule has 4 heteroatoms. The Morgan fingerprint density at radius 3 is 2.88 bits per heavy atom. The van der Waals surface area contributed by atoms with Crippen molar-refractivity contribution in [1.82, 2.24) is 4.98 Å². The van der Waals surface area contributed by atoms with Gasteiger partial charge in [0.05, 0.1) is 17.7 Å². The molecule has 0 radical (unpaired) electrons. The number of aliphatic hydroxyl groups excluding tert-OH is 1. The maximum atomic E-state index is 9.31. The molecule has 0 amide bonds. The molecule has 1 unspecified atom stereocenters. The minimum atomic E-state index is -0.396. The van der Waals surface area contributed by atoms with Gasteiger partial charge in [-0.05, 0) is 35.3 Å². The van der Waals surface area contributed by atoms with Gasteiger partial charge >= 0.3 is 0 Å². The van der Waals surface area contributed by atoms with Crippen LogP contribution in [-0.2, 0) is 0 Å². The van der Waals surface area contributed by atoms with Crippen molar-refractivity contribution in [3.63, 3.8) is 0 Å². The van der Waals surface area contributed by atoms with Crippen LogP contribution in [0.5, 0.6) is 0 Å². The molecule has 0 aromatic carbocycles. The van der Waals surface area contributed by atoms with Gasteiger partial charge in [0.25, 0.3) is 0 Å². The van der Waals surface area contributed by atoms with Gasteiger partial charge in [-0.1, -0.05) is 12.8 Å². The average molecular weight is 283 g/mol. The number of aromatic nitrogens is 1. The second-order valence-corrected chi connectivity index (χ2v) is 4.81. The third-order valence-electron chi connectivity index (χ3n) is 2.56. The van der Waals surface area contributed by atoms with Crippen LogP contribution in [0.15, 0.2) is 16.7 Å². The SMILES string of the molecule is C#Cc1cc(Br)cnc1NC(C)(CC)CO. The van der Waals surface area contributed by atoms with Crippen LogP contribution in [0.3, 0.4) is 0 Å². The van der Waals surface area contributed by atoms with Gasteiger partial charge in [0.15, 0.2) is 0 Å². The molecule has 1 atom stereocenters. The molecule has 0 spiro atoms. The molecule has 0 saturated heterocycles. The number of terminal acetylenes is 1. The Kier molecular flexibility index (Phi) is 4.34. The van der Waals surface area contributed by atoms with Gasteiger partial charge in [0, 0.05) is 10.7 Å². The quantitative estimate of drug-likeness (QED) is 0.834. The highest BCUT2D eigenvalue weighted by atomic mass is 79.9. The van der Waals surface area contributed by atoms with Gasteiger partial charge in [-0.3, -0.25) is 0 Å². The Morgan fingerprint density at radius 2 is 2.38 bits per heavy atom. The third kappa shape index (κ3) is 2.97. The van der Waals surface area contributed by atoms with Crippen molar-refractivity contribution in [3.05, 3.63) is 22.3 Å². The first-order chi connectivity index (χ1) is 7.54. The average Bonchev–Trinajstić information content (AvgIpc) is 2.31. The van der Waals surface area contributed by atoms with Crippen LogP contribution < -0.4 is 5.32 Å². The maximum absolute atomic E-state index is 9.31. The second-order valence-electron chi connectivity index (χ2n) is 3.89. The van der Waals surface area contributed by atoms with E-state index in [2.05, 4.69) is 32.2 Å². The molecule has 0 bridgehead atoms. The lowest BCUT2D eigenvalue weighted by Crippen LogP contribution is -2.38. The number of anilines is 1. The summed E-state index contributed by atoms with van der Waals surface area (Å²) in [6.07, 6.45) is 7.87. The molecule has 86 valence electrons. The van der Waals surface area contributed by atoms with Crippen LogP contribution >= 0.6 is 15.9 Å². The largest absolute Gasteiger partial charge is 0.394 e. The molecule has 1 rings (SSSR count). The number of pyridine rings is 1. The van der Waals surface area contributed by atoms with Crippen LogP contribution in [0.25, 0.3) is 0 Å². The van der Waals surface area contributed by atoms with E-state index in [4.69, 9.17) is 6.42 Å². The maximum Gasteiger partial charge on any atom is 0.142 e. The highest BCUT2D eigenvalue weighted by molar-refractivity contribution is 9.10. The summed E-state index contributed by atoms with van der Waals surface area (Å²) in [5, 5.41) is 12.5. The van der Waals surface area contributed by atoms with Gasteiger partial charge < -0.3 is 10.4 Å². The fourth-order valence-corrected chi connectivity index (χ4v) is 1.51. The van der Waals surface area contributed by atoms with E-state index in [-0.39, 0.29) is 6.61 Å². The Balaban J connectivity index is 3.02. The van der Waals surface area contributed by atoms with Crippen LogP contribution in [0, 0.1) is 12.3 Å². The van der Waals surface area contributed by atoms with Gasteiger partial charge in [0.2, 0.25) is 0 Å². The number of aliphatic hydroxyl groups is 1. The smallest absolute Gasteiger partial charge is 0.142 e. The summed E-state index contributed by atoms with van der Waals surface area (Å²) in [7, 11) is 0. The van der Waals surface area contributed by atoms with E-state index >= 15 is 0 Å². The Morgan fingerprint density at radius 1 is 1.69 bits per heavy atom. The molecule has 1 aromatic rings. The van der Waals surface area contributed by atoms with E-state index < -0.39 is 5.54 Å². The lowest BCUT2D eigenvalue weighted by Gasteiger charge is -2.28. The standard InChI is InChI=1S/C12H15BrN2O/c1-4-9-6-10(13)7-14-11(9)15-12(3,5-2)8-16/h1,6-7,16H,5,8H2,2-3H3,(H,14,15). The predicted molar refractivity (Wildman–Crippen MR) is 69.3 cm³/mol. The predicted octanol–water partition coefficient (Wildman–Crippen LogP) is 2.40. The molecule has 0 aliphatic heterocycles. The van der Waals surface area contributed by atoms with Crippen molar-refractivity contribution in [2.75, 3.05) is 11.9 Å². The lowest BCUT2D eigenvalue weighted by atomic mass is 10.00. The third-order valence-corrected chi connectivity index (χ3v) is 2.99. The summed E-state index contributed by atoms with van der Waals surface area (Å²) < 4.78 is 0.841. The summed E-state index contributed by atoms with van der Waals surface area (Å²) >= 11 is 3.32. The summed E-state index contributed by atoms with van der Waals surface area (Å²) in [6, 6.07) is 1.82. The Bertz CT molecular complexity index is 408. The van der Waals surface area contributed by atoms with E-state index in [9.17, 15) is 5.11 Å². The van der Waals surface area contributed by atoms with Gasteiger partial charge in [-0.25, -0.2) is 4.98 Å². The highest BCUT2D eigenvalue weighted by Gasteiger charge is 2.22. The molecular weight excluding hydrogens is 268 g/mol. The summed E-state index contributed by atoms with van der Waals surface area (Å²) in [5.41, 5.74) is 0.286. The summed E-state index contributed by atoms with van der Waals surface area (Å²) in [4.78, 5) is 4.22. The normalized spacial score (nSPS) is 13.9. The van der Waals surface area contributed by atoms with Crippen LogP contribution in [0.1, 0.15) is 25.8 Å². The molecule has 3 nitrogen and oxygen atoms in total. The molecule has 0 saturated carbocycles. The van der Waals surface area contributed by atoms with Crippen LogP contribution in [-0.4, -0.2) is 22.2 Å². The van der Waals surface area contributed by atoms with Crippen molar-refractivity contribution in [2.45, 2.75) is 25.8 Å². The first-order valence-corrected chi connectivity index (χ1v) is 5.85. The van der Waals surface area contributed by atoms with E-state index in [1.54, 1.807) is 6.20 Å². The molecule has 1 aromatic heterocycles. The lowest BCUT2D eigenvalue weighted by molar-refractivity contribution is 0.218. The number of hydrogen-bond acceptors (Lipinski definition) is 3. The Labute approximate surface area is 104 Å². The molecule has 0 aliphatic rings. The zero-order valence-electron chi connectivity index (χ0n) is 9.42. The molecule has 1 heterocycles. The molecule has 16 heavy (non-hydrogen) atoms. The van der Waals surface area contributed by atoms with Gasteiger partial charge in [-0.15, -0.1) is 6.42 Å². The minimum Gasteiger partial charge on any atom is -0.394 e. The number of hydrogen-bond donors (Lipinski definition) is 2. The van der Waals surface area contributed by atoms with Crippen molar-refractivity contribution in [2.24, 2.45) is 0 Å². The molecular formula is C12H15BrN2O. The molecule has 0 fully saturated rings. The zero-order valence-corrected chi connectivity index (χ0v) is 11.0. The van der Waals surface area contributed by atoms with E-state index in [1.807, 2.05) is 19.9 Å². The summed E-state index contributed by atoms with van der Waals surface area (Å²) in [5.74, 6) is 3.20. The fourth-order valence-electron chi connectivity index (χ4n) is 1.17. The van der Waals surface area contributed by atoms with Crippen LogP contribution in [0.4, 0.5) is 5.82 Å². The van der Waals surface area contributed by atoms with Gasteiger partial charge in [-0.2, -0.15) is 0 Å². The minimum absolute atomic E-state index is 0.0330. The monoisotopic (exact) mass is 282 g/mol. The van der Waals surface area contributed by atoms with Crippen LogP contribution in [0.2, 0.25) is 0 Å². The highest BCUT2D eigenvalue weighted by Crippen LogP contribution is 2.22. The first-order valence-electron chi connectivity index (χ1n) is 5.06.